The fourth-order valence-electron chi connectivity index (χ4n) is 9.99. The second-order valence-corrected chi connectivity index (χ2v) is 16.1. The first-order chi connectivity index (χ1) is 30.2. The van der Waals surface area contributed by atoms with E-state index < -0.39 is 0 Å². The molecule has 9 aromatic rings. The summed E-state index contributed by atoms with van der Waals surface area (Å²) in [5.41, 5.74) is 19.7. The quantitative estimate of drug-likeness (QED) is 0.169. The molecule has 1 spiro atoms. The van der Waals surface area contributed by atoms with Crippen molar-refractivity contribution >= 4 is 5.57 Å². The molecule has 0 bridgehead atoms. The van der Waals surface area contributed by atoms with Gasteiger partial charge in [-0.3, -0.25) is 4.98 Å². The van der Waals surface area contributed by atoms with Crippen LogP contribution in [0.15, 0.2) is 212 Å². The van der Waals surface area contributed by atoms with Gasteiger partial charge in [-0.1, -0.05) is 164 Å². The average Bonchev–Trinajstić information content (AvgIpc) is 3.82. The van der Waals surface area contributed by atoms with Gasteiger partial charge in [0.15, 0.2) is 17.5 Å². The second-order valence-electron chi connectivity index (χ2n) is 16.1. The molecule has 61 heavy (non-hydrogen) atoms. The molecule has 286 valence electrons. The Morgan fingerprint density at radius 1 is 0.377 bits per heavy atom. The van der Waals surface area contributed by atoms with Crippen molar-refractivity contribution in [2.45, 2.75) is 18.3 Å². The van der Waals surface area contributed by atoms with Crippen LogP contribution in [0, 0.1) is 0 Å². The maximum atomic E-state index is 5.23. The van der Waals surface area contributed by atoms with E-state index in [9.17, 15) is 0 Å². The van der Waals surface area contributed by atoms with Gasteiger partial charge in [0.25, 0.3) is 0 Å². The van der Waals surface area contributed by atoms with Gasteiger partial charge >= 0.3 is 0 Å². The van der Waals surface area contributed by atoms with Gasteiger partial charge < -0.3 is 0 Å². The van der Waals surface area contributed by atoms with Crippen molar-refractivity contribution in [2.75, 3.05) is 0 Å². The third-order valence-corrected chi connectivity index (χ3v) is 12.7. The van der Waals surface area contributed by atoms with E-state index in [1.165, 1.54) is 50.1 Å². The van der Waals surface area contributed by atoms with Crippen molar-refractivity contribution in [2.24, 2.45) is 0 Å². The summed E-state index contributed by atoms with van der Waals surface area (Å²) in [6.07, 6.45) is 8.62. The van der Waals surface area contributed by atoms with Gasteiger partial charge in [-0.2, -0.15) is 0 Å². The zero-order chi connectivity index (χ0) is 40.3. The van der Waals surface area contributed by atoms with E-state index in [4.69, 9.17) is 19.9 Å². The Morgan fingerprint density at radius 3 is 1.66 bits per heavy atom. The number of rotatable bonds is 6. The Bertz CT molecular complexity index is 3220. The van der Waals surface area contributed by atoms with Crippen molar-refractivity contribution in [1.82, 2.24) is 19.9 Å². The molecule has 0 saturated heterocycles. The second kappa shape index (κ2) is 14.2. The summed E-state index contributed by atoms with van der Waals surface area (Å²) in [5.74, 6) is 1.85. The summed E-state index contributed by atoms with van der Waals surface area (Å²) in [4.78, 5) is 20.3. The maximum absolute atomic E-state index is 5.23. The predicted molar refractivity (Wildman–Crippen MR) is 247 cm³/mol. The summed E-state index contributed by atoms with van der Waals surface area (Å²) in [6.45, 7) is 0. The van der Waals surface area contributed by atoms with Gasteiger partial charge in [0.1, 0.15) is 0 Å². The molecule has 4 heteroatoms. The summed E-state index contributed by atoms with van der Waals surface area (Å²) in [6, 6.07) is 67.1. The highest BCUT2D eigenvalue weighted by atomic mass is 15.0. The fraction of sp³-hybridized carbons (Fsp3) is 0.0526. The smallest absolute Gasteiger partial charge is 0.164 e. The van der Waals surface area contributed by atoms with E-state index in [0.29, 0.717) is 17.5 Å². The molecule has 0 fully saturated rings. The first-order valence-corrected chi connectivity index (χ1v) is 21.0. The topological polar surface area (TPSA) is 51.6 Å². The molecule has 0 aliphatic heterocycles. The Labute approximate surface area is 355 Å². The van der Waals surface area contributed by atoms with Gasteiger partial charge in [0, 0.05) is 28.5 Å². The molecule has 2 aromatic heterocycles. The van der Waals surface area contributed by atoms with Gasteiger partial charge in [0.2, 0.25) is 0 Å². The fourth-order valence-corrected chi connectivity index (χ4v) is 9.99. The van der Waals surface area contributed by atoms with Crippen LogP contribution in [0.3, 0.4) is 0 Å². The molecule has 0 N–H and O–H groups in total. The van der Waals surface area contributed by atoms with E-state index in [-0.39, 0.29) is 5.41 Å². The molecule has 3 aliphatic rings. The van der Waals surface area contributed by atoms with E-state index in [1.54, 1.807) is 0 Å². The van der Waals surface area contributed by atoms with Crippen LogP contribution in [0.25, 0.3) is 84.4 Å². The molecule has 1 atom stereocenters. The Balaban J connectivity index is 1.05. The van der Waals surface area contributed by atoms with Crippen LogP contribution in [-0.2, 0) is 5.41 Å². The zero-order valence-electron chi connectivity index (χ0n) is 33.3. The van der Waals surface area contributed by atoms with Crippen molar-refractivity contribution in [3.63, 3.8) is 0 Å². The van der Waals surface area contributed by atoms with Crippen molar-refractivity contribution in [3.05, 3.63) is 234 Å². The Hall–Kier alpha value is -7.82. The molecular formula is C57H38N4. The first kappa shape index (κ1) is 35.2. The van der Waals surface area contributed by atoms with E-state index in [1.807, 2.05) is 42.6 Å². The minimum Gasteiger partial charge on any atom is -0.256 e. The number of pyridine rings is 1. The lowest BCUT2D eigenvalue weighted by Gasteiger charge is -2.33. The van der Waals surface area contributed by atoms with Crippen LogP contribution in [0.5, 0.6) is 0 Å². The third-order valence-electron chi connectivity index (χ3n) is 12.7. The van der Waals surface area contributed by atoms with Crippen LogP contribution >= 0.6 is 0 Å². The Morgan fingerprint density at radius 2 is 0.918 bits per heavy atom. The lowest BCUT2D eigenvalue weighted by atomic mass is 9.68. The molecule has 3 aliphatic carbocycles. The highest BCUT2D eigenvalue weighted by Gasteiger charge is 2.52. The van der Waals surface area contributed by atoms with E-state index in [2.05, 4.69) is 164 Å². The number of hydrogen-bond donors (Lipinski definition) is 0. The molecule has 2 heterocycles. The molecule has 0 radical (unpaired) electrons. The van der Waals surface area contributed by atoms with Crippen molar-refractivity contribution < 1.29 is 0 Å². The van der Waals surface area contributed by atoms with Crippen LogP contribution in [-0.4, -0.2) is 19.9 Å². The van der Waals surface area contributed by atoms with Gasteiger partial charge in [0.05, 0.1) is 11.1 Å². The van der Waals surface area contributed by atoms with Crippen LogP contribution in [0.1, 0.15) is 35.1 Å². The van der Waals surface area contributed by atoms with E-state index >= 15 is 0 Å². The minimum atomic E-state index is -0.357. The van der Waals surface area contributed by atoms with Crippen LogP contribution in [0.4, 0.5) is 0 Å². The van der Waals surface area contributed by atoms with Gasteiger partial charge in [-0.15, -0.1) is 0 Å². The van der Waals surface area contributed by atoms with Crippen molar-refractivity contribution in [1.29, 1.82) is 0 Å². The van der Waals surface area contributed by atoms with Crippen LogP contribution in [0.2, 0.25) is 0 Å². The average molecular weight is 779 g/mol. The number of aromatic nitrogens is 4. The SMILES string of the molecule is C1=CC2=C(CC1)C1(c3ccccc32)c2ccccc2-c2ccc(-c3cc(-c4ccccn4)cc(-c4nc(-c5ccccc5)nc(-c5ccc(-c6ccccc6)cc5)n4)c3)cc21. The summed E-state index contributed by atoms with van der Waals surface area (Å²) in [7, 11) is 0. The zero-order valence-corrected chi connectivity index (χ0v) is 33.3. The highest BCUT2D eigenvalue weighted by molar-refractivity contribution is 5.98. The maximum Gasteiger partial charge on any atom is 0.164 e. The number of allylic oxidation sites excluding steroid dienone is 4. The molecule has 12 rings (SSSR count). The predicted octanol–water partition coefficient (Wildman–Crippen LogP) is 13.7. The minimum absolute atomic E-state index is 0.357. The molecule has 0 amide bonds. The standard InChI is InChI=1S/C57H38N4/c1-3-15-37(16-4-1)38-26-28-40(29-27-38)55-59-54(39-17-5-2-6-18-39)60-56(61-55)44-34-42(33-43(35-44)53-25-13-14-32-58-53)41-30-31-48-47-21-9-12-24-51(47)57(52(48)36-41)49-22-10-7-19-45(49)46-20-8-11-23-50(46)57/h1-10,12-22,24-36H,11,23H2. The summed E-state index contributed by atoms with van der Waals surface area (Å²) >= 11 is 0. The normalized spacial score (nSPS) is 15.7. The lowest BCUT2D eigenvalue weighted by Crippen LogP contribution is -2.27. The number of hydrogen-bond acceptors (Lipinski definition) is 4. The molecule has 1 unspecified atom stereocenters. The lowest BCUT2D eigenvalue weighted by molar-refractivity contribution is 0.714. The monoisotopic (exact) mass is 778 g/mol. The third kappa shape index (κ3) is 5.67. The molecule has 0 saturated carbocycles. The Kier molecular flexibility index (Phi) is 8.17. The summed E-state index contributed by atoms with van der Waals surface area (Å²) in [5, 5.41) is 0. The summed E-state index contributed by atoms with van der Waals surface area (Å²) < 4.78 is 0. The molecular weight excluding hydrogens is 741 g/mol. The highest BCUT2D eigenvalue weighted by Crippen LogP contribution is 2.63. The van der Waals surface area contributed by atoms with Crippen molar-refractivity contribution in [3.8, 4) is 78.8 Å². The largest absolute Gasteiger partial charge is 0.256 e. The molecule has 4 nitrogen and oxygen atoms in total. The van der Waals surface area contributed by atoms with Gasteiger partial charge in [-0.05, 0) is 116 Å². The van der Waals surface area contributed by atoms with Gasteiger partial charge in [-0.25, -0.2) is 15.0 Å². The number of benzene rings is 7. The molecule has 7 aromatic carbocycles. The van der Waals surface area contributed by atoms with E-state index in [0.717, 1.165) is 57.5 Å². The number of fused-ring (bicyclic) bond motifs is 9. The van der Waals surface area contributed by atoms with Crippen LogP contribution < -0.4 is 0 Å². The first-order valence-electron chi connectivity index (χ1n) is 21.0. The number of nitrogens with zero attached hydrogens (tertiary/aromatic N) is 4.